The monoisotopic (exact) mass is 305 g/mol. The van der Waals surface area contributed by atoms with E-state index < -0.39 is 11.9 Å². The molecule has 1 aromatic heterocycles. The third-order valence-electron chi connectivity index (χ3n) is 4.56. The van der Waals surface area contributed by atoms with Crippen molar-refractivity contribution in [2.45, 2.75) is 31.1 Å². The van der Waals surface area contributed by atoms with E-state index in [2.05, 4.69) is 9.88 Å². The Kier molecular flexibility index (Phi) is 4.06. The van der Waals surface area contributed by atoms with Gasteiger partial charge in [0.1, 0.15) is 0 Å². The maximum Gasteiger partial charge on any atom is 0.414 e. The molecule has 0 radical (unpaired) electrons. The molecule has 0 aromatic carbocycles. The summed E-state index contributed by atoms with van der Waals surface area (Å²) in [6.07, 6.45) is 7.96. The van der Waals surface area contributed by atoms with Gasteiger partial charge in [0, 0.05) is 37.3 Å². The molecule has 0 amide bonds. The first-order chi connectivity index (χ1) is 10.5. The SMILES string of the molecule is O=C(O)C(=O)O.c1ncc(C2CN3CCC2C3)nc1C1CC1. The molecule has 4 rings (SSSR count). The molecule has 3 heterocycles. The Morgan fingerprint density at radius 3 is 2.23 bits per heavy atom. The Labute approximate surface area is 128 Å². The summed E-state index contributed by atoms with van der Waals surface area (Å²) in [5, 5.41) is 14.8. The molecule has 2 aliphatic heterocycles. The largest absolute Gasteiger partial charge is 0.473 e. The average molecular weight is 305 g/mol. The normalized spacial score (nSPS) is 28.8. The van der Waals surface area contributed by atoms with E-state index in [1.807, 2.05) is 12.4 Å². The molecule has 7 heteroatoms. The summed E-state index contributed by atoms with van der Waals surface area (Å²) in [5.41, 5.74) is 2.51. The lowest BCUT2D eigenvalue weighted by molar-refractivity contribution is -0.159. The summed E-state index contributed by atoms with van der Waals surface area (Å²) >= 11 is 0. The lowest BCUT2D eigenvalue weighted by atomic mass is 9.90. The number of hydrogen-bond donors (Lipinski definition) is 2. The van der Waals surface area contributed by atoms with Crippen molar-refractivity contribution in [3.05, 3.63) is 23.8 Å². The predicted molar refractivity (Wildman–Crippen MR) is 76.6 cm³/mol. The third kappa shape index (κ3) is 3.24. The van der Waals surface area contributed by atoms with Crippen molar-refractivity contribution in [2.24, 2.45) is 5.92 Å². The number of rotatable bonds is 2. The summed E-state index contributed by atoms with van der Waals surface area (Å²) in [6.45, 7) is 3.81. The zero-order valence-electron chi connectivity index (χ0n) is 12.2. The van der Waals surface area contributed by atoms with Crippen LogP contribution in [-0.4, -0.2) is 56.7 Å². The topological polar surface area (TPSA) is 104 Å². The van der Waals surface area contributed by atoms with E-state index in [1.165, 1.54) is 50.3 Å². The van der Waals surface area contributed by atoms with E-state index in [0.29, 0.717) is 5.92 Å². The van der Waals surface area contributed by atoms with Crippen LogP contribution in [0.15, 0.2) is 12.4 Å². The van der Waals surface area contributed by atoms with Crippen LogP contribution in [-0.2, 0) is 9.59 Å². The van der Waals surface area contributed by atoms with Gasteiger partial charge in [-0.1, -0.05) is 0 Å². The number of hydrogen-bond acceptors (Lipinski definition) is 5. The molecule has 118 valence electrons. The molecular formula is C15H19N3O4. The Morgan fingerprint density at radius 1 is 1.05 bits per heavy atom. The van der Waals surface area contributed by atoms with Crippen molar-refractivity contribution >= 4 is 11.9 Å². The first kappa shape index (κ1) is 14.9. The molecule has 1 aromatic rings. The molecule has 3 fully saturated rings. The van der Waals surface area contributed by atoms with Crippen molar-refractivity contribution in [2.75, 3.05) is 19.6 Å². The van der Waals surface area contributed by atoms with Crippen LogP contribution in [0.25, 0.3) is 0 Å². The fourth-order valence-corrected chi connectivity index (χ4v) is 3.27. The maximum absolute atomic E-state index is 9.10. The molecule has 3 atom stereocenters. The van der Waals surface area contributed by atoms with Gasteiger partial charge in [-0.3, -0.25) is 9.97 Å². The minimum absolute atomic E-state index is 0.667. The van der Waals surface area contributed by atoms with Crippen molar-refractivity contribution < 1.29 is 19.8 Å². The van der Waals surface area contributed by atoms with E-state index >= 15 is 0 Å². The Balaban J connectivity index is 0.000000209. The number of piperidine rings is 1. The summed E-state index contributed by atoms with van der Waals surface area (Å²) in [7, 11) is 0. The van der Waals surface area contributed by atoms with E-state index in [1.54, 1.807) is 0 Å². The van der Waals surface area contributed by atoms with Crippen LogP contribution in [0.2, 0.25) is 0 Å². The Bertz CT molecular complexity index is 576. The van der Waals surface area contributed by atoms with Gasteiger partial charge in [0.05, 0.1) is 11.4 Å². The smallest absolute Gasteiger partial charge is 0.414 e. The van der Waals surface area contributed by atoms with Crippen molar-refractivity contribution in [3.63, 3.8) is 0 Å². The van der Waals surface area contributed by atoms with Crippen LogP contribution in [0, 0.1) is 5.92 Å². The average Bonchev–Trinajstić information content (AvgIpc) is 3.15. The van der Waals surface area contributed by atoms with Crippen molar-refractivity contribution in [1.82, 2.24) is 14.9 Å². The van der Waals surface area contributed by atoms with Gasteiger partial charge in [0.25, 0.3) is 0 Å². The van der Waals surface area contributed by atoms with Gasteiger partial charge in [-0.25, -0.2) is 9.59 Å². The Hall–Kier alpha value is -2.02. The number of fused-ring (bicyclic) bond motifs is 2. The molecule has 3 unspecified atom stereocenters. The number of nitrogens with zero attached hydrogens (tertiary/aromatic N) is 3. The summed E-state index contributed by atoms with van der Waals surface area (Å²) in [4.78, 5) is 30.0. The summed E-state index contributed by atoms with van der Waals surface area (Å²) in [6, 6.07) is 0. The van der Waals surface area contributed by atoms with Crippen LogP contribution in [0.3, 0.4) is 0 Å². The zero-order chi connectivity index (χ0) is 15.7. The second kappa shape index (κ2) is 6.00. The zero-order valence-corrected chi connectivity index (χ0v) is 12.2. The van der Waals surface area contributed by atoms with E-state index in [0.717, 1.165) is 11.8 Å². The highest BCUT2D eigenvalue weighted by atomic mass is 16.4. The van der Waals surface area contributed by atoms with Crippen molar-refractivity contribution in [3.8, 4) is 0 Å². The molecular weight excluding hydrogens is 286 g/mol. The molecule has 1 saturated carbocycles. The lowest BCUT2D eigenvalue weighted by Crippen LogP contribution is -2.23. The molecule has 1 aliphatic carbocycles. The quantitative estimate of drug-likeness (QED) is 0.783. The fraction of sp³-hybridized carbons (Fsp3) is 0.600. The van der Waals surface area contributed by atoms with E-state index in [4.69, 9.17) is 24.8 Å². The number of aromatic nitrogens is 2. The molecule has 0 spiro atoms. The molecule has 7 nitrogen and oxygen atoms in total. The third-order valence-corrected chi connectivity index (χ3v) is 4.56. The molecule has 3 aliphatic rings. The highest BCUT2D eigenvalue weighted by Crippen LogP contribution is 2.41. The lowest BCUT2D eigenvalue weighted by Gasteiger charge is -2.21. The van der Waals surface area contributed by atoms with Gasteiger partial charge in [-0.15, -0.1) is 0 Å². The van der Waals surface area contributed by atoms with Crippen LogP contribution >= 0.6 is 0 Å². The molecule has 2 bridgehead atoms. The van der Waals surface area contributed by atoms with Gasteiger partial charge >= 0.3 is 11.9 Å². The van der Waals surface area contributed by atoms with Crippen molar-refractivity contribution in [1.29, 1.82) is 0 Å². The van der Waals surface area contributed by atoms with Crippen LogP contribution < -0.4 is 0 Å². The molecule has 2 saturated heterocycles. The van der Waals surface area contributed by atoms with E-state index in [9.17, 15) is 0 Å². The Morgan fingerprint density at radius 2 is 1.73 bits per heavy atom. The fourth-order valence-electron chi connectivity index (χ4n) is 3.27. The first-order valence-corrected chi connectivity index (χ1v) is 7.55. The van der Waals surface area contributed by atoms with Gasteiger partial charge in [-0.2, -0.15) is 0 Å². The predicted octanol–water partition coefficient (Wildman–Crippen LogP) is 0.929. The van der Waals surface area contributed by atoms with Gasteiger partial charge in [-0.05, 0) is 31.7 Å². The first-order valence-electron chi connectivity index (χ1n) is 7.55. The highest BCUT2D eigenvalue weighted by molar-refractivity contribution is 6.27. The van der Waals surface area contributed by atoms with Gasteiger partial charge < -0.3 is 15.1 Å². The standard InChI is InChI=1S/C13H17N3.C2H2O4/c1-2-9(1)12-5-14-6-13(15-12)11-8-16-4-3-10(11)7-16;3-1(4)2(5)6/h5-6,9-11H,1-4,7-8H2;(H,3,4)(H,5,6). The number of carboxylic acid groups (broad SMARTS) is 2. The van der Waals surface area contributed by atoms with E-state index in [-0.39, 0.29) is 0 Å². The number of aliphatic carboxylic acids is 2. The number of carboxylic acids is 2. The highest BCUT2D eigenvalue weighted by Gasteiger charge is 2.39. The second-order valence-electron chi connectivity index (χ2n) is 6.17. The molecule has 22 heavy (non-hydrogen) atoms. The maximum atomic E-state index is 9.10. The number of carbonyl (C=O) groups is 2. The summed E-state index contributed by atoms with van der Waals surface area (Å²) < 4.78 is 0. The summed E-state index contributed by atoms with van der Waals surface area (Å²) in [5.74, 6) is -1.40. The van der Waals surface area contributed by atoms with Gasteiger partial charge in [0.15, 0.2) is 0 Å². The second-order valence-corrected chi connectivity index (χ2v) is 6.17. The minimum Gasteiger partial charge on any atom is -0.473 e. The van der Waals surface area contributed by atoms with Crippen LogP contribution in [0.4, 0.5) is 0 Å². The molecule has 2 N–H and O–H groups in total. The van der Waals surface area contributed by atoms with Gasteiger partial charge in [0.2, 0.25) is 0 Å². The van der Waals surface area contributed by atoms with Crippen LogP contribution in [0.1, 0.15) is 42.5 Å². The van der Waals surface area contributed by atoms with Crippen LogP contribution in [0.5, 0.6) is 0 Å². The minimum atomic E-state index is -1.82.